The van der Waals surface area contributed by atoms with Crippen molar-refractivity contribution in [3.63, 3.8) is 0 Å². The summed E-state index contributed by atoms with van der Waals surface area (Å²) < 4.78 is 0. The van der Waals surface area contributed by atoms with Crippen LogP contribution in [0.2, 0.25) is 0 Å². The average Bonchev–Trinajstić information content (AvgIpc) is 3.21. The van der Waals surface area contributed by atoms with Crippen molar-refractivity contribution in [2.24, 2.45) is 0 Å². The minimum absolute atomic E-state index is 0.635. The first-order valence-corrected chi connectivity index (χ1v) is 16.9. The number of fused-ring (bicyclic) bond motifs is 2. The van der Waals surface area contributed by atoms with E-state index in [0.717, 1.165) is 38.8 Å². The van der Waals surface area contributed by atoms with Crippen LogP contribution in [-0.2, 0) is 0 Å². The van der Waals surface area contributed by atoms with Gasteiger partial charge >= 0.3 is 0 Å². The summed E-state index contributed by atoms with van der Waals surface area (Å²) in [5.41, 5.74) is 9.84. The highest BCUT2D eigenvalue weighted by atomic mass is 15.0. The molecule has 0 saturated carbocycles. The van der Waals surface area contributed by atoms with Gasteiger partial charge in [0.2, 0.25) is 0 Å². The van der Waals surface area contributed by atoms with Gasteiger partial charge in [0.1, 0.15) is 0 Å². The van der Waals surface area contributed by atoms with Crippen molar-refractivity contribution in [3.05, 3.63) is 188 Å². The van der Waals surface area contributed by atoms with Crippen molar-refractivity contribution in [1.82, 2.24) is 15.0 Å². The van der Waals surface area contributed by atoms with Crippen LogP contribution in [0, 0.1) is 0 Å². The molecule has 0 fully saturated rings. The third kappa shape index (κ3) is 5.51. The Morgan fingerprint density at radius 3 is 1.32 bits per heavy atom. The molecule has 0 aliphatic rings. The van der Waals surface area contributed by atoms with Crippen molar-refractivity contribution < 1.29 is 0 Å². The molecular weight excluding hydrogens is 607 g/mol. The van der Waals surface area contributed by atoms with Gasteiger partial charge in [0.05, 0.1) is 0 Å². The number of hydrogen-bond acceptors (Lipinski definition) is 3. The monoisotopic (exact) mass is 637 g/mol. The standard InChI is InChI=1S/C47H31N3/c1-4-15-32(16-5-1)40-27-28-41(43-26-13-12-25-42(40)43)36-22-14-23-37(29-36)46-48-45(34-19-8-3-9-20-34)49-47(50-46)38-30-35-21-10-11-24-39(35)44(31-38)33-17-6-2-7-18-33/h1-31H. The van der Waals surface area contributed by atoms with E-state index in [0.29, 0.717) is 17.5 Å². The van der Waals surface area contributed by atoms with Crippen LogP contribution in [0.15, 0.2) is 188 Å². The Balaban J connectivity index is 1.21. The van der Waals surface area contributed by atoms with E-state index in [1.54, 1.807) is 0 Å². The SMILES string of the molecule is c1ccc(-c2nc(-c3cccc(-c4ccc(-c5ccccc5)c5ccccc45)c3)nc(-c3cc(-c4ccccc4)c4ccccc4c3)n2)cc1. The van der Waals surface area contributed by atoms with Crippen molar-refractivity contribution in [1.29, 1.82) is 0 Å². The molecule has 8 aromatic carbocycles. The minimum Gasteiger partial charge on any atom is -0.208 e. The molecular formula is C47H31N3. The lowest BCUT2D eigenvalue weighted by Gasteiger charge is -2.14. The lowest BCUT2D eigenvalue weighted by Crippen LogP contribution is -2.00. The van der Waals surface area contributed by atoms with Crippen LogP contribution in [0.4, 0.5) is 0 Å². The van der Waals surface area contributed by atoms with Gasteiger partial charge in [-0.1, -0.05) is 170 Å². The molecule has 0 saturated heterocycles. The molecule has 0 amide bonds. The van der Waals surface area contributed by atoms with Gasteiger partial charge in [0.15, 0.2) is 17.5 Å². The van der Waals surface area contributed by atoms with Gasteiger partial charge in [-0.25, -0.2) is 15.0 Å². The third-order valence-corrected chi connectivity index (χ3v) is 9.31. The largest absolute Gasteiger partial charge is 0.208 e. The molecule has 9 rings (SSSR count). The van der Waals surface area contributed by atoms with Crippen LogP contribution in [0.3, 0.4) is 0 Å². The van der Waals surface area contributed by atoms with Gasteiger partial charge in [-0.3, -0.25) is 0 Å². The number of benzene rings is 8. The first-order valence-electron chi connectivity index (χ1n) is 16.9. The Kier molecular flexibility index (Phi) is 7.49. The number of rotatable bonds is 6. The summed E-state index contributed by atoms with van der Waals surface area (Å²) in [5, 5.41) is 4.76. The Labute approximate surface area is 291 Å². The maximum absolute atomic E-state index is 5.17. The summed E-state index contributed by atoms with van der Waals surface area (Å²) in [6.07, 6.45) is 0. The van der Waals surface area contributed by atoms with Crippen molar-refractivity contribution >= 4 is 21.5 Å². The van der Waals surface area contributed by atoms with Crippen LogP contribution in [-0.4, -0.2) is 15.0 Å². The Morgan fingerprint density at radius 2 is 0.680 bits per heavy atom. The first-order chi connectivity index (χ1) is 24.8. The summed E-state index contributed by atoms with van der Waals surface area (Å²) in [4.78, 5) is 15.3. The van der Waals surface area contributed by atoms with Crippen LogP contribution in [0.25, 0.3) is 89.1 Å². The molecule has 234 valence electrons. The second-order valence-electron chi connectivity index (χ2n) is 12.4. The highest BCUT2D eigenvalue weighted by molar-refractivity contribution is 6.05. The van der Waals surface area contributed by atoms with E-state index in [2.05, 4.69) is 170 Å². The molecule has 0 aliphatic carbocycles. The van der Waals surface area contributed by atoms with E-state index in [4.69, 9.17) is 15.0 Å². The maximum atomic E-state index is 5.17. The van der Waals surface area contributed by atoms with E-state index in [9.17, 15) is 0 Å². The van der Waals surface area contributed by atoms with E-state index in [1.165, 1.54) is 32.8 Å². The topological polar surface area (TPSA) is 38.7 Å². The molecule has 0 N–H and O–H groups in total. The fourth-order valence-corrected chi connectivity index (χ4v) is 6.89. The molecule has 0 aliphatic heterocycles. The van der Waals surface area contributed by atoms with Crippen molar-refractivity contribution in [3.8, 4) is 67.5 Å². The van der Waals surface area contributed by atoms with E-state index in [1.807, 2.05) is 18.2 Å². The Hall–Kier alpha value is -6.71. The summed E-state index contributed by atoms with van der Waals surface area (Å²) in [5.74, 6) is 1.92. The molecule has 9 aromatic rings. The predicted molar refractivity (Wildman–Crippen MR) is 207 cm³/mol. The molecule has 3 nitrogen and oxygen atoms in total. The Bertz CT molecular complexity index is 2630. The van der Waals surface area contributed by atoms with Gasteiger partial charge in [-0.15, -0.1) is 0 Å². The van der Waals surface area contributed by atoms with Crippen LogP contribution < -0.4 is 0 Å². The molecule has 0 bridgehead atoms. The molecule has 1 aromatic heterocycles. The number of hydrogen-bond donors (Lipinski definition) is 0. The van der Waals surface area contributed by atoms with Gasteiger partial charge in [-0.05, 0) is 73.1 Å². The smallest absolute Gasteiger partial charge is 0.164 e. The number of nitrogens with zero attached hydrogens (tertiary/aromatic N) is 3. The predicted octanol–water partition coefficient (Wildman–Crippen LogP) is 12.2. The molecule has 0 unspecified atom stereocenters. The molecule has 0 spiro atoms. The normalized spacial score (nSPS) is 11.2. The average molecular weight is 638 g/mol. The first kappa shape index (κ1) is 29.4. The van der Waals surface area contributed by atoms with Crippen LogP contribution >= 0.6 is 0 Å². The fourth-order valence-electron chi connectivity index (χ4n) is 6.89. The highest BCUT2D eigenvalue weighted by Gasteiger charge is 2.16. The zero-order chi connectivity index (χ0) is 33.3. The number of aromatic nitrogens is 3. The van der Waals surface area contributed by atoms with Gasteiger partial charge in [0.25, 0.3) is 0 Å². The summed E-state index contributed by atoms with van der Waals surface area (Å²) in [6, 6.07) is 65.8. The lowest BCUT2D eigenvalue weighted by molar-refractivity contribution is 1.07. The van der Waals surface area contributed by atoms with E-state index < -0.39 is 0 Å². The second kappa shape index (κ2) is 12.7. The molecule has 0 atom stereocenters. The van der Waals surface area contributed by atoms with Crippen molar-refractivity contribution in [2.45, 2.75) is 0 Å². The van der Waals surface area contributed by atoms with Crippen molar-refractivity contribution in [2.75, 3.05) is 0 Å². The zero-order valence-electron chi connectivity index (χ0n) is 27.2. The minimum atomic E-state index is 0.635. The third-order valence-electron chi connectivity index (χ3n) is 9.31. The maximum Gasteiger partial charge on any atom is 0.164 e. The van der Waals surface area contributed by atoms with E-state index in [-0.39, 0.29) is 0 Å². The summed E-state index contributed by atoms with van der Waals surface area (Å²) in [7, 11) is 0. The van der Waals surface area contributed by atoms with Gasteiger partial charge in [-0.2, -0.15) is 0 Å². The summed E-state index contributed by atoms with van der Waals surface area (Å²) in [6.45, 7) is 0. The summed E-state index contributed by atoms with van der Waals surface area (Å²) >= 11 is 0. The molecule has 1 heterocycles. The molecule has 0 radical (unpaired) electrons. The molecule has 3 heteroatoms. The lowest BCUT2D eigenvalue weighted by atomic mass is 9.91. The Morgan fingerprint density at radius 1 is 0.240 bits per heavy atom. The zero-order valence-corrected chi connectivity index (χ0v) is 27.2. The fraction of sp³-hybridized carbons (Fsp3) is 0. The molecule has 50 heavy (non-hydrogen) atoms. The van der Waals surface area contributed by atoms with Gasteiger partial charge < -0.3 is 0 Å². The highest BCUT2D eigenvalue weighted by Crippen LogP contribution is 2.38. The second-order valence-corrected chi connectivity index (χ2v) is 12.4. The van der Waals surface area contributed by atoms with E-state index >= 15 is 0 Å². The van der Waals surface area contributed by atoms with Crippen LogP contribution in [0.1, 0.15) is 0 Å². The quantitative estimate of drug-likeness (QED) is 0.182. The van der Waals surface area contributed by atoms with Gasteiger partial charge in [0, 0.05) is 16.7 Å². The van der Waals surface area contributed by atoms with Crippen LogP contribution in [0.5, 0.6) is 0 Å².